The van der Waals surface area contributed by atoms with Gasteiger partial charge in [0.25, 0.3) is 0 Å². The zero-order valence-electron chi connectivity index (χ0n) is 12.9. The fourth-order valence-electron chi connectivity index (χ4n) is 2.65. The van der Waals surface area contributed by atoms with Gasteiger partial charge in [-0.3, -0.25) is 0 Å². The van der Waals surface area contributed by atoms with Gasteiger partial charge in [-0.1, -0.05) is 66.7 Å². The molecule has 0 unspecified atom stereocenters. The van der Waals surface area contributed by atoms with E-state index in [-0.39, 0.29) is 11.7 Å². The summed E-state index contributed by atoms with van der Waals surface area (Å²) in [6.07, 6.45) is 3.95. The van der Waals surface area contributed by atoms with Crippen LogP contribution in [-0.2, 0) is 14.3 Å². The van der Waals surface area contributed by atoms with E-state index >= 15 is 0 Å². The van der Waals surface area contributed by atoms with Crippen LogP contribution < -0.4 is 0 Å². The van der Waals surface area contributed by atoms with Gasteiger partial charge in [-0.15, -0.1) is 0 Å². The van der Waals surface area contributed by atoms with Gasteiger partial charge in [0.15, 0.2) is 0 Å². The van der Waals surface area contributed by atoms with Crippen molar-refractivity contribution in [3.8, 4) is 0 Å². The Morgan fingerprint density at radius 3 is 2.39 bits per heavy atom. The van der Waals surface area contributed by atoms with Gasteiger partial charge < -0.3 is 9.47 Å². The van der Waals surface area contributed by atoms with E-state index < -0.39 is 5.97 Å². The summed E-state index contributed by atoms with van der Waals surface area (Å²) < 4.78 is 10.4. The van der Waals surface area contributed by atoms with Gasteiger partial charge in [-0.2, -0.15) is 0 Å². The molecule has 2 aromatic carbocycles. The summed E-state index contributed by atoms with van der Waals surface area (Å²) in [5.74, 6) is -0.171. The lowest BCUT2D eigenvalue weighted by atomic mass is 9.88. The molecule has 0 fully saturated rings. The molecule has 1 heterocycles. The predicted octanol–water partition coefficient (Wildman–Crippen LogP) is 3.94. The Morgan fingerprint density at radius 1 is 1.09 bits per heavy atom. The third kappa shape index (κ3) is 3.51. The highest BCUT2D eigenvalue weighted by atomic mass is 16.6. The summed E-state index contributed by atoms with van der Waals surface area (Å²) in [4.78, 5) is 11.8. The SMILES string of the molecule is COC(=O)C1=C[C@@H](c2ccccc2)C(=Cc2ccccc2)CO1. The van der Waals surface area contributed by atoms with Gasteiger partial charge in [-0.25, -0.2) is 4.79 Å². The minimum atomic E-state index is -0.440. The van der Waals surface area contributed by atoms with Gasteiger partial charge in [0.1, 0.15) is 6.61 Å². The van der Waals surface area contributed by atoms with E-state index in [2.05, 4.69) is 30.3 Å². The van der Waals surface area contributed by atoms with E-state index in [4.69, 9.17) is 9.47 Å². The minimum absolute atomic E-state index is 0.000689. The maximum absolute atomic E-state index is 11.8. The van der Waals surface area contributed by atoms with Crippen LogP contribution in [0, 0.1) is 0 Å². The summed E-state index contributed by atoms with van der Waals surface area (Å²) in [5, 5.41) is 0. The molecular weight excluding hydrogens is 288 g/mol. The van der Waals surface area contributed by atoms with Crippen LogP contribution in [-0.4, -0.2) is 19.7 Å². The summed E-state index contributed by atoms with van der Waals surface area (Å²) >= 11 is 0. The number of carbonyl (C=O) groups is 1. The van der Waals surface area contributed by atoms with Crippen molar-refractivity contribution in [1.82, 2.24) is 0 Å². The standard InChI is InChI=1S/C20H18O3/c1-22-20(21)19-13-18(16-10-6-3-7-11-16)17(14-23-19)12-15-8-4-2-5-9-15/h2-13,18H,14H2,1H3/t18-/m0/s1. The molecule has 3 rings (SSSR count). The second-order valence-electron chi connectivity index (χ2n) is 5.33. The van der Waals surface area contributed by atoms with Gasteiger partial charge in [0.05, 0.1) is 7.11 Å². The molecule has 0 N–H and O–H groups in total. The smallest absolute Gasteiger partial charge is 0.373 e. The van der Waals surface area contributed by atoms with Crippen LogP contribution in [0.25, 0.3) is 6.08 Å². The number of esters is 1. The minimum Gasteiger partial charge on any atom is -0.482 e. The maximum atomic E-state index is 11.8. The van der Waals surface area contributed by atoms with Crippen molar-refractivity contribution in [3.63, 3.8) is 0 Å². The van der Waals surface area contributed by atoms with Crippen molar-refractivity contribution < 1.29 is 14.3 Å². The van der Waals surface area contributed by atoms with Crippen molar-refractivity contribution in [2.24, 2.45) is 0 Å². The Balaban J connectivity index is 2.01. The van der Waals surface area contributed by atoms with Crippen LogP contribution in [0.2, 0.25) is 0 Å². The molecule has 116 valence electrons. The number of hydrogen-bond donors (Lipinski definition) is 0. The Bertz CT molecular complexity index is 730. The number of methoxy groups -OCH3 is 1. The van der Waals surface area contributed by atoms with Crippen molar-refractivity contribution in [2.45, 2.75) is 5.92 Å². The van der Waals surface area contributed by atoms with Gasteiger partial charge in [0.2, 0.25) is 5.76 Å². The zero-order chi connectivity index (χ0) is 16.1. The molecule has 0 aromatic heterocycles. The quantitative estimate of drug-likeness (QED) is 0.806. The van der Waals surface area contributed by atoms with E-state index in [1.54, 1.807) is 0 Å². The topological polar surface area (TPSA) is 35.5 Å². The molecule has 3 nitrogen and oxygen atoms in total. The molecule has 0 saturated carbocycles. The average Bonchev–Trinajstić information content (AvgIpc) is 2.63. The number of allylic oxidation sites excluding steroid dienone is 1. The highest BCUT2D eigenvalue weighted by Crippen LogP contribution is 2.33. The number of ether oxygens (including phenoxy) is 2. The lowest BCUT2D eigenvalue weighted by Gasteiger charge is -2.24. The number of benzene rings is 2. The van der Waals surface area contributed by atoms with E-state index in [1.165, 1.54) is 7.11 Å². The van der Waals surface area contributed by atoms with Gasteiger partial charge in [-0.05, 0) is 22.8 Å². The third-order valence-corrected chi connectivity index (χ3v) is 3.81. The molecule has 2 aromatic rings. The van der Waals surface area contributed by atoms with Gasteiger partial charge in [0, 0.05) is 5.92 Å². The molecule has 1 atom stereocenters. The second kappa shape index (κ2) is 6.97. The molecule has 0 spiro atoms. The predicted molar refractivity (Wildman–Crippen MR) is 89.7 cm³/mol. The summed E-state index contributed by atoms with van der Waals surface area (Å²) in [7, 11) is 1.36. The molecule has 0 saturated heterocycles. The number of rotatable bonds is 3. The van der Waals surface area contributed by atoms with Crippen molar-refractivity contribution >= 4 is 12.0 Å². The Kier molecular flexibility index (Phi) is 4.57. The first-order valence-corrected chi connectivity index (χ1v) is 7.51. The van der Waals surface area contributed by atoms with Crippen LogP contribution in [0.1, 0.15) is 17.0 Å². The molecule has 23 heavy (non-hydrogen) atoms. The zero-order valence-corrected chi connectivity index (χ0v) is 12.9. The average molecular weight is 306 g/mol. The normalized spacial score (nSPS) is 18.9. The molecule has 3 heteroatoms. The summed E-state index contributed by atoms with van der Waals surface area (Å²) in [6.45, 7) is 0.370. The monoisotopic (exact) mass is 306 g/mol. The van der Waals surface area contributed by atoms with E-state index in [0.29, 0.717) is 6.61 Å². The molecule has 1 aliphatic heterocycles. The number of carbonyl (C=O) groups excluding carboxylic acids is 1. The lowest BCUT2D eigenvalue weighted by Crippen LogP contribution is -2.19. The fourth-order valence-corrected chi connectivity index (χ4v) is 2.65. The third-order valence-electron chi connectivity index (χ3n) is 3.81. The summed E-state index contributed by atoms with van der Waals surface area (Å²) in [6, 6.07) is 20.2. The van der Waals surface area contributed by atoms with E-state index in [1.807, 2.05) is 42.5 Å². The van der Waals surface area contributed by atoms with Crippen LogP contribution in [0.3, 0.4) is 0 Å². The first-order chi connectivity index (χ1) is 11.3. The first kappa shape index (κ1) is 15.1. The Morgan fingerprint density at radius 2 is 1.74 bits per heavy atom. The van der Waals surface area contributed by atoms with Crippen molar-refractivity contribution in [1.29, 1.82) is 0 Å². The number of hydrogen-bond acceptors (Lipinski definition) is 3. The summed E-state index contributed by atoms with van der Waals surface area (Å²) in [5.41, 5.74) is 3.34. The van der Waals surface area contributed by atoms with E-state index in [9.17, 15) is 4.79 Å². The van der Waals surface area contributed by atoms with Crippen LogP contribution in [0.4, 0.5) is 0 Å². The molecule has 0 amide bonds. The molecular formula is C20H18O3. The maximum Gasteiger partial charge on any atom is 0.373 e. The van der Waals surface area contributed by atoms with Crippen molar-refractivity contribution in [2.75, 3.05) is 13.7 Å². The van der Waals surface area contributed by atoms with Crippen LogP contribution in [0.5, 0.6) is 0 Å². The lowest BCUT2D eigenvalue weighted by molar-refractivity contribution is -0.140. The second-order valence-corrected chi connectivity index (χ2v) is 5.33. The Hall–Kier alpha value is -2.81. The van der Waals surface area contributed by atoms with Crippen molar-refractivity contribution in [3.05, 3.63) is 89.2 Å². The van der Waals surface area contributed by atoms with Gasteiger partial charge >= 0.3 is 5.97 Å². The Labute approximate surface area is 135 Å². The molecule has 0 aliphatic carbocycles. The molecule has 0 radical (unpaired) electrons. The largest absolute Gasteiger partial charge is 0.482 e. The molecule has 0 bridgehead atoms. The van der Waals surface area contributed by atoms with E-state index in [0.717, 1.165) is 16.7 Å². The van der Waals surface area contributed by atoms with Crippen LogP contribution >= 0.6 is 0 Å². The highest BCUT2D eigenvalue weighted by molar-refractivity contribution is 5.87. The first-order valence-electron chi connectivity index (χ1n) is 7.51. The fraction of sp³-hybridized carbons (Fsp3) is 0.150. The molecule has 1 aliphatic rings. The van der Waals surface area contributed by atoms with Crippen LogP contribution in [0.15, 0.2) is 78.1 Å². The highest BCUT2D eigenvalue weighted by Gasteiger charge is 2.25.